The molecular weight excluding hydrogens is 249 g/mol. The zero-order valence-electron chi connectivity index (χ0n) is 9.00. The summed E-state index contributed by atoms with van der Waals surface area (Å²) >= 11 is 11.9. The molecule has 0 fully saturated rings. The first-order valence-electron chi connectivity index (χ1n) is 4.93. The summed E-state index contributed by atoms with van der Waals surface area (Å²) in [6.07, 6.45) is 0. The minimum atomic E-state index is -1.12. The number of hydrogen-bond acceptors (Lipinski definition) is 3. The van der Waals surface area contributed by atoms with Crippen molar-refractivity contribution in [2.45, 2.75) is 19.1 Å². The summed E-state index contributed by atoms with van der Waals surface area (Å²) in [5.41, 5.74) is -0.256. The first-order chi connectivity index (χ1) is 7.46. The van der Waals surface area contributed by atoms with E-state index in [-0.39, 0.29) is 13.2 Å². The van der Waals surface area contributed by atoms with E-state index in [0.29, 0.717) is 16.6 Å². The second-order valence-corrected chi connectivity index (χ2v) is 4.76. The molecule has 1 atom stereocenters. The molecule has 1 aromatic rings. The zero-order chi connectivity index (χ0) is 12.2. The van der Waals surface area contributed by atoms with Crippen LogP contribution < -0.4 is 5.32 Å². The third-order valence-electron chi connectivity index (χ3n) is 2.19. The smallest absolute Gasteiger partial charge is 0.0972 e. The van der Waals surface area contributed by atoms with Gasteiger partial charge in [-0.2, -0.15) is 0 Å². The van der Waals surface area contributed by atoms with Gasteiger partial charge >= 0.3 is 0 Å². The van der Waals surface area contributed by atoms with Gasteiger partial charge in [0.1, 0.15) is 0 Å². The van der Waals surface area contributed by atoms with E-state index in [4.69, 9.17) is 28.3 Å². The maximum absolute atomic E-state index is 9.55. The largest absolute Gasteiger partial charge is 0.393 e. The second-order valence-electron chi connectivity index (χ2n) is 3.97. The number of aliphatic hydroxyl groups excluding tert-OH is 1. The quantitative estimate of drug-likeness (QED) is 0.760. The van der Waals surface area contributed by atoms with Gasteiger partial charge in [0.2, 0.25) is 0 Å². The van der Waals surface area contributed by atoms with Crippen molar-refractivity contribution >= 4 is 23.2 Å². The molecule has 0 radical (unpaired) electrons. The molecule has 5 heteroatoms. The Kier molecular flexibility index (Phi) is 5.02. The van der Waals surface area contributed by atoms with E-state index in [1.807, 2.05) is 12.1 Å². The van der Waals surface area contributed by atoms with Gasteiger partial charge in [-0.25, -0.2) is 0 Å². The lowest BCUT2D eigenvalue weighted by atomic mass is 10.1. The van der Waals surface area contributed by atoms with Gasteiger partial charge in [0, 0.05) is 13.1 Å². The van der Waals surface area contributed by atoms with Gasteiger partial charge in [-0.1, -0.05) is 35.3 Å². The monoisotopic (exact) mass is 263 g/mol. The van der Waals surface area contributed by atoms with Crippen LogP contribution in [0.15, 0.2) is 18.2 Å². The van der Waals surface area contributed by atoms with Crippen LogP contribution in [-0.2, 0) is 6.54 Å². The predicted octanol–water partition coefficient (Wildman–Crippen LogP) is 1.83. The molecule has 16 heavy (non-hydrogen) atoms. The average Bonchev–Trinajstić information content (AvgIpc) is 2.24. The lowest BCUT2D eigenvalue weighted by Crippen LogP contribution is -2.40. The molecule has 3 N–H and O–H groups in total. The molecule has 90 valence electrons. The number of hydrogen-bond donors (Lipinski definition) is 3. The minimum Gasteiger partial charge on any atom is -0.393 e. The van der Waals surface area contributed by atoms with Crippen molar-refractivity contribution in [2.75, 3.05) is 13.2 Å². The topological polar surface area (TPSA) is 52.5 Å². The zero-order valence-corrected chi connectivity index (χ0v) is 10.5. The van der Waals surface area contributed by atoms with Gasteiger partial charge in [0.05, 0.1) is 22.3 Å². The van der Waals surface area contributed by atoms with Crippen LogP contribution in [0.3, 0.4) is 0 Å². The molecule has 0 spiro atoms. The van der Waals surface area contributed by atoms with E-state index in [9.17, 15) is 5.11 Å². The molecule has 1 unspecified atom stereocenters. The van der Waals surface area contributed by atoms with Crippen molar-refractivity contribution in [3.8, 4) is 0 Å². The molecule has 0 aliphatic rings. The van der Waals surface area contributed by atoms with Gasteiger partial charge < -0.3 is 15.5 Å². The number of nitrogens with one attached hydrogen (secondary N) is 1. The van der Waals surface area contributed by atoms with Crippen molar-refractivity contribution < 1.29 is 10.2 Å². The van der Waals surface area contributed by atoms with Crippen molar-refractivity contribution in [3.63, 3.8) is 0 Å². The summed E-state index contributed by atoms with van der Waals surface area (Å²) in [5, 5.41) is 22.4. The van der Waals surface area contributed by atoms with Gasteiger partial charge in [0.25, 0.3) is 0 Å². The molecule has 0 heterocycles. The van der Waals surface area contributed by atoms with E-state index in [0.717, 1.165) is 5.56 Å². The van der Waals surface area contributed by atoms with E-state index in [1.165, 1.54) is 0 Å². The molecule has 0 aliphatic heterocycles. The number of benzene rings is 1. The van der Waals surface area contributed by atoms with Crippen LogP contribution in [0.1, 0.15) is 12.5 Å². The molecule has 0 aromatic heterocycles. The van der Waals surface area contributed by atoms with Crippen LogP contribution in [-0.4, -0.2) is 29.0 Å². The van der Waals surface area contributed by atoms with Crippen LogP contribution in [0, 0.1) is 0 Å². The summed E-state index contributed by atoms with van der Waals surface area (Å²) in [6, 6.07) is 5.39. The summed E-state index contributed by atoms with van der Waals surface area (Å²) in [5.74, 6) is 0. The maximum atomic E-state index is 9.55. The van der Waals surface area contributed by atoms with Crippen molar-refractivity contribution in [1.29, 1.82) is 0 Å². The second kappa shape index (κ2) is 5.84. The summed E-state index contributed by atoms with van der Waals surface area (Å²) in [4.78, 5) is 0. The van der Waals surface area contributed by atoms with Crippen LogP contribution in [0.5, 0.6) is 0 Å². The van der Waals surface area contributed by atoms with E-state index in [2.05, 4.69) is 5.32 Å². The number of rotatable bonds is 5. The Labute approximate surface area is 105 Å². The molecule has 1 aromatic carbocycles. The fourth-order valence-electron chi connectivity index (χ4n) is 1.21. The van der Waals surface area contributed by atoms with E-state index in [1.54, 1.807) is 13.0 Å². The molecule has 0 saturated heterocycles. The van der Waals surface area contributed by atoms with E-state index >= 15 is 0 Å². The number of aliphatic hydroxyl groups is 2. The normalized spacial score (nSPS) is 14.8. The Morgan fingerprint density at radius 3 is 2.69 bits per heavy atom. The molecule has 1 rings (SSSR count). The summed E-state index contributed by atoms with van der Waals surface area (Å²) in [6.45, 7) is 2.05. The Bertz CT molecular complexity index is 356. The van der Waals surface area contributed by atoms with Crippen LogP contribution >= 0.6 is 23.2 Å². The Balaban J connectivity index is 2.53. The fourth-order valence-corrected chi connectivity index (χ4v) is 1.59. The fraction of sp³-hybridized carbons (Fsp3) is 0.455. The first kappa shape index (κ1) is 13.7. The van der Waals surface area contributed by atoms with Crippen molar-refractivity contribution in [2.24, 2.45) is 0 Å². The van der Waals surface area contributed by atoms with Gasteiger partial charge in [0.15, 0.2) is 0 Å². The number of halogens is 2. The maximum Gasteiger partial charge on any atom is 0.0972 e. The van der Waals surface area contributed by atoms with Crippen LogP contribution in [0.2, 0.25) is 10.0 Å². The molecule has 3 nitrogen and oxygen atoms in total. The summed E-state index contributed by atoms with van der Waals surface area (Å²) < 4.78 is 0. The highest BCUT2D eigenvalue weighted by Crippen LogP contribution is 2.25. The molecule has 0 saturated carbocycles. The Morgan fingerprint density at radius 2 is 2.06 bits per heavy atom. The van der Waals surface area contributed by atoms with Crippen molar-refractivity contribution in [3.05, 3.63) is 33.8 Å². The first-order valence-corrected chi connectivity index (χ1v) is 5.69. The highest BCUT2D eigenvalue weighted by atomic mass is 35.5. The predicted molar refractivity (Wildman–Crippen MR) is 65.9 cm³/mol. The van der Waals surface area contributed by atoms with Crippen molar-refractivity contribution in [1.82, 2.24) is 5.32 Å². The molecular formula is C11H15Cl2NO2. The average molecular weight is 264 g/mol. The lowest BCUT2D eigenvalue weighted by Gasteiger charge is -2.20. The summed E-state index contributed by atoms with van der Waals surface area (Å²) in [7, 11) is 0. The Hall–Kier alpha value is -0.320. The third kappa shape index (κ3) is 3.92. The third-order valence-corrected chi connectivity index (χ3v) is 3.05. The Morgan fingerprint density at radius 1 is 1.38 bits per heavy atom. The van der Waals surface area contributed by atoms with Gasteiger partial charge in [-0.3, -0.25) is 0 Å². The van der Waals surface area contributed by atoms with Gasteiger partial charge in [-0.05, 0) is 18.6 Å². The highest BCUT2D eigenvalue weighted by molar-refractivity contribution is 6.42. The van der Waals surface area contributed by atoms with Gasteiger partial charge in [-0.15, -0.1) is 0 Å². The molecule has 0 amide bonds. The standard InChI is InChI=1S/C11H15Cl2NO2/c1-11(16,7-15)6-14-5-8-3-2-4-9(12)10(8)13/h2-4,14-16H,5-7H2,1H3. The highest BCUT2D eigenvalue weighted by Gasteiger charge is 2.18. The van der Waals surface area contributed by atoms with Crippen LogP contribution in [0.4, 0.5) is 0 Å². The minimum absolute atomic E-state index is 0.284. The van der Waals surface area contributed by atoms with Crippen LogP contribution in [0.25, 0.3) is 0 Å². The SMILES string of the molecule is CC(O)(CO)CNCc1cccc(Cl)c1Cl. The lowest BCUT2D eigenvalue weighted by molar-refractivity contribution is 0.00254. The van der Waals surface area contributed by atoms with E-state index < -0.39 is 5.60 Å². The molecule has 0 aliphatic carbocycles. The molecule has 0 bridgehead atoms.